The Labute approximate surface area is 165 Å². The quantitative estimate of drug-likeness (QED) is 0.510. The fourth-order valence-corrected chi connectivity index (χ4v) is 7.11. The molecular weight excluding hydrogens is 332 g/mol. The summed E-state index contributed by atoms with van der Waals surface area (Å²) in [5.74, 6) is 3.80. The van der Waals surface area contributed by atoms with E-state index in [1.165, 1.54) is 76.2 Å². The Kier molecular flexibility index (Phi) is 4.96. The van der Waals surface area contributed by atoms with Crippen LogP contribution in [0.15, 0.2) is 24.3 Å². The molecule has 0 radical (unpaired) electrons. The summed E-state index contributed by atoms with van der Waals surface area (Å²) in [6, 6.07) is 8.84. The minimum Gasteiger partial charge on any atom is -0.464 e. The number of benzene rings is 1. The maximum Gasteiger partial charge on any atom is 0.205 e. The summed E-state index contributed by atoms with van der Waals surface area (Å²) in [6.07, 6.45) is 16.3. The summed E-state index contributed by atoms with van der Waals surface area (Å²) < 4.78 is 13.4. The third-order valence-electron chi connectivity index (χ3n) is 7.91. The number of hydrogen-bond donors (Lipinski definition) is 0. The second kappa shape index (κ2) is 7.43. The lowest BCUT2D eigenvalue weighted by molar-refractivity contribution is -0.231. The first kappa shape index (κ1) is 18.0. The standard InChI is InChI=1S/C25H36O2/c1-2-5-18-8-10-23(11-9-18)27-24(26-22-6-3-4-7-22)25-15-19-12-20(16-25)14-21(13-19)17-25/h8-11,19-22,24H,2-7,12-17H2,1H3. The molecule has 5 saturated carbocycles. The van der Waals surface area contributed by atoms with Gasteiger partial charge in [0.1, 0.15) is 5.75 Å². The fraction of sp³-hybridized carbons (Fsp3) is 0.760. The van der Waals surface area contributed by atoms with Crippen molar-refractivity contribution in [2.45, 2.75) is 96.4 Å². The molecule has 5 fully saturated rings. The zero-order chi connectivity index (χ0) is 18.3. The second-order valence-corrected chi connectivity index (χ2v) is 10.2. The summed E-state index contributed by atoms with van der Waals surface area (Å²) in [4.78, 5) is 0. The zero-order valence-corrected chi connectivity index (χ0v) is 17.0. The summed E-state index contributed by atoms with van der Waals surface area (Å²) in [5.41, 5.74) is 1.69. The van der Waals surface area contributed by atoms with E-state index in [9.17, 15) is 0 Å². The van der Waals surface area contributed by atoms with Gasteiger partial charge >= 0.3 is 0 Å². The normalized spacial score (nSPS) is 36.3. The maximum absolute atomic E-state index is 6.76. The molecule has 27 heavy (non-hydrogen) atoms. The maximum atomic E-state index is 6.76. The van der Waals surface area contributed by atoms with Gasteiger partial charge in [-0.2, -0.15) is 0 Å². The number of rotatable bonds is 7. The molecule has 148 valence electrons. The molecule has 0 N–H and O–H groups in total. The molecule has 1 atom stereocenters. The lowest BCUT2D eigenvalue weighted by Crippen LogP contribution is -2.54. The van der Waals surface area contributed by atoms with E-state index >= 15 is 0 Å². The minimum atomic E-state index is -0.0361. The van der Waals surface area contributed by atoms with Crippen molar-refractivity contribution in [1.29, 1.82) is 0 Å². The minimum absolute atomic E-state index is 0.0361. The van der Waals surface area contributed by atoms with E-state index < -0.39 is 0 Å². The Bertz CT molecular complexity index is 593. The Hall–Kier alpha value is -1.02. The largest absolute Gasteiger partial charge is 0.464 e. The van der Waals surface area contributed by atoms with E-state index in [1.807, 2.05) is 0 Å². The SMILES string of the molecule is CCCc1ccc(OC(OC2CCCC2)C23CC4CC(CC(C4)C2)C3)cc1. The predicted molar refractivity (Wildman–Crippen MR) is 109 cm³/mol. The smallest absolute Gasteiger partial charge is 0.205 e. The summed E-state index contributed by atoms with van der Waals surface area (Å²) in [5, 5.41) is 0. The van der Waals surface area contributed by atoms with Gasteiger partial charge < -0.3 is 9.47 Å². The van der Waals surface area contributed by atoms with Crippen LogP contribution in [-0.2, 0) is 11.2 Å². The molecule has 4 bridgehead atoms. The van der Waals surface area contributed by atoms with Gasteiger partial charge in [0, 0.05) is 5.41 Å². The van der Waals surface area contributed by atoms with Gasteiger partial charge in [-0.1, -0.05) is 38.3 Å². The van der Waals surface area contributed by atoms with Crippen LogP contribution in [0.5, 0.6) is 5.75 Å². The molecule has 0 spiro atoms. The molecule has 0 saturated heterocycles. The lowest BCUT2D eigenvalue weighted by Gasteiger charge is -2.58. The molecule has 0 aromatic heterocycles. The molecule has 0 aliphatic heterocycles. The van der Waals surface area contributed by atoms with E-state index in [4.69, 9.17) is 9.47 Å². The van der Waals surface area contributed by atoms with Crippen LogP contribution in [0.25, 0.3) is 0 Å². The van der Waals surface area contributed by atoms with Gasteiger partial charge in [0.15, 0.2) is 0 Å². The first-order valence-electron chi connectivity index (χ1n) is 11.6. The Morgan fingerprint density at radius 1 is 0.926 bits per heavy atom. The van der Waals surface area contributed by atoms with Crippen LogP contribution in [0, 0.1) is 23.2 Å². The van der Waals surface area contributed by atoms with Crippen LogP contribution >= 0.6 is 0 Å². The molecule has 0 amide bonds. The molecule has 5 aliphatic carbocycles. The van der Waals surface area contributed by atoms with Crippen molar-refractivity contribution in [2.24, 2.45) is 23.2 Å². The Morgan fingerprint density at radius 2 is 1.52 bits per heavy atom. The van der Waals surface area contributed by atoms with Gasteiger partial charge in [-0.25, -0.2) is 0 Å². The third kappa shape index (κ3) is 3.67. The van der Waals surface area contributed by atoms with Crippen molar-refractivity contribution in [3.05, 3.63) is 29.8 Å². The topological polar surface area (TPSA) is 18.5 Å². The third-order valence-corrected chi connectivity index (χ3v) is 7.91. The van der Waals surface area contributed by atoms with E-state index in [0.29, 0.717) is 6.10 Å². The highest BCUT2D eigenvalue weighted by Gasteiger charge is 2.56. The molecule has 0 heterocycles. The van der Waals surface area contributed by atoms with Crippen LogP contribution in [0.4, 0.5) is 0 Å². The van der Waals surface area contributed by atoms with Gasteiger partial charge in [0.2, 0.25) is 6.29 Å². The average Bonchev–Trinajstić information content (AvgIpc) is 3.15. The van der Waals surface area contributed by atoms with Crippen molar-refractivity contribution < 1.29 is 9.47 Å². The summed E-state index contributed by atoms with van der Waals surface area (Å²) >= 11 is 0. The van der Waals surface area contributed by atoms with Crippen LogP contribution < -0.4 is 4.74 Å². The van der Waals surface area contributed by atoms with Crippen LogP contribution in [0.2, 0.25) is 0 Å². The lowest BCUT2D eigenvalue weighted by atomic mass is 9.49. The molecule has 1 aromatic carbocycles. The molecule has 2 nitrogen and oxygen atoms in total. The molecule has 1 unspecified atom stereocenters. The van der Waals surface area contributed by atoms with Crippen molar-refractivity contribution in [1.82, 2.24) is 0 Å². The number of ether oxygens (including phenoxy) is 2. The Balaban J connectivity index is 1.37. The summed E-state index contributed by atoms with van der Waals surface area (Å²) in [7, 11) is 0. The average molecular weight is 369 g/mol. The molecular formula is C25H36O2. The van der Waals surface area contributed by atoms with Crippen LogP contribution in [-0.4, -0.2) is 12.4 Å². The number of hydrogen-bond acceptors (Lipinski definition) is 2. The van der Waals surface area contributed by atoms with Gasteiger partial charge in [0.25, 0.3) is 0 Å². The highest BCUT2D eigenvalue weighted by atomic mass is 16.7. The van der Waals surface area contributed by atoms with E-state index in [1.54, 1.807) is 0 Å². The van der Waals surface area contributed by atoms with E-state index in [-0.39, 0.29) is 11.7 Å². The van der Waals surface area contributed by atoms with Crippen molar-refractivity contribution >= 4 is 0 Å². The van der Waals surface area contributed by atoms with Gasteiger partial charge in [0.05, 0.1) is 6.10 Å². The fourth-order valence-electron chi connectivity index (χ4n) is 7.11. The van der Waals surface area contributed by atoms with Gasteiger partial charge in [-0.05, 0) is 93.2 Å². The number of aryl methyl sites for hydroxylation is 1. The summed E-state index contributed by atoms with van der Waals surface area (Å²) in [6.45, 7) is 2.24. The van der Waals surface area contributed by atoms with Gasteiger partial charge in [-0.15, -0.1) is 0 Å². The zero-order valence-electron chi connectivity index (χ0n) is 17.0. The van der Waals surface area contributed by atoms with Crippen LogP contribution in [0.1, 0.15) is 83.1 Å². The molecule has 2 heteroatoms. The highest BCUT2D eigenvalue weighted by molar-refractivity contribution is 5.27. The monoisotopic (exact) mass is 368 g/mol. The molecule has 6 rings (SSSR count). The van der Waals surface area contributed by atoms with Crippen molar-refractivity contribution in [3.8, 4) is 5.75 Å². The predicted octanol–water partition coefficient (Wildman–Crippen LogP) is 6.52. The van der Waals surface area contributed by atoms with Crippen LogP contribution in [0.3, 0.4) is 0 Å². The second-order valence-electron chi connectivity index (χ2n) is 10.2. The van der Waals surface area contributed by atoms with Gasteiger partial charge in [-0.3, -0.25) is 0 Å². The van der Waals surface area contributed by atoms with E-state index in [2.05, 4.69) is 31.2 Å². The first-order valence-corrected chi connectivity index (χ1v) is 11.6. The van der Waals surface area contributed by atoms with E-state index in [0.717, 1.165) is 29.9 Å². The highest BCUT2D eigenvalue weighted by Crippen LogP contribution is 2.62. The molecule has 1 aromatic rings. The first-order chi connectivity index (χ1) is 13.2. The molecule has 5 aliphatic rings. The van der Waals surface area contributed by atoms with Crippen molar-refractivity contribution in [3.63, 3.8) is 0 Å². The van der Waals surface area contributed by atoms with Crippen molar-refractivity contribution in [2.75, 3.05) is 0 Å². The Morgan fingerprint density at radius 3 is 2.07 bits per heavy atom.